The Labute approximate surface area is 210 Å². The van der Waals surface area contributed by atoms with Crippen molar-refractivity contribution in [1.29, 1.82) is 0 Å². The average molecular weight is 533 g/mol. The molecule has 10 heteroatoms. The van der Waals surface area contributed by atoms with Gasteiger partial charge < -0.3 is 0 Å². The fourth-order valence-corrected chi connectivity index (χ4v) is 8.56. The average Bonchev–Trinajstić information content (AvgIpc) is 2.81. The molecule has 1 fully saturated rings. The van der Waals surface area contributed by atoms with E-state index in [1.54, 1.807) is 36.4 Å². The van der Waals surface area contributed by atoms with E-state index in [0.717, 1.165) is 11.1 Å². The van der Waals surface area contributed by atoms with Gasteiger partial charge in [-0.25, -0.2) is 21.8 Å². The van der Waals surface area contributed by atoms with Crippen LogP contribution in [-0.4, -0.2) is 37.4 Å². The van der Waals surface area contributed by atoms with Gasteiger partial charge in [-0.1, -0.05) is 56.8 Å². The molecule has 0 spiro atoms. The van der Waals surface area contributed by atoms with E-state index in [1.807, 2.05) is 13.8 Å². The molecule has 35 heavy (non-hydrogen) atoms. The number of pyridine rings is 1. The minimum absolute atomic E-state index is 0.00266. The van der Waals surface area contributed by atoms with Gasteiger partial charge in [-0.05, 0) is 56.2 Å². The van der Waals surface area contributed by atoms with E-state index in [-0.39, 0.29) is 40.0 Å². The zero-order valence-corrected chi connectivity index (χ0v) is 21.6. The van der Waals surface area contributed by atoms with Crippen LogP contribution in [0.2, 0.25) is 5.15 Å². The van der Waals surface area contributed by atoms with E-state index in [2.05, 4.69) is 4.98 Å². The normalized spacial score (nSPS) is 19.1. The predicted molar refractivity (Wildman–Crippen MR) is 133 cm³/mol. The van der Waals surface area contributed by atoms with Crippen molar-refractivity contribution in [3.63, 3.8) is 0 Å². The number of aryl methyl sites for hydroxylation is 2. The first-order chi connectivity index (χ1) is 16.5. The number of ketones is 1. The molecule has 0 N–H and O–H groups in total. The second-order valence-corrected chi connectivity index (χ2v) is 13.0. The number of hydrogen-bond donors (Lipinski definition) is 0. The summed E-state index contributed by atoms with van der Waals surface area (Å²) in [5.41, 5.74) is 2.23. The molecule has 0 amide bonds. The lowest BCUT2D eigenvalue weighted by molar-refractivity contribution is -0.121. The molecule has 0 radical (unpaired) electrons. The van der Waals surface area contributed by atoms with Gasteiger partial charge >= 0.3 is 0 Å². The van der Waals surface area contributed by atoms with E-state index < -0.39 is 32.0 Å². The summed E-state index contributed by atoms with van der Waals surface area (Å²) in [5, 5.41) is 0.240. The summed E-state index contributed by atoms with van der Waals surface area (Å²) in [5.74, 6) is -0.775. The second kappa shape index (κ2) is 9.81. The van der Waals surface area contributed by atoms with Gasteiger partial charge in [-0.2, -0.15) is 0 Å². The summed E-state index contributed by atoms with van der Waals surface area (Å²) in [7, 11) is -9.02. The zero-order valence-electron chi connectivity index (χ0n) is 19.3. The van der Waals surface area contributed by atoms with Crippen LogP contribution in [0.3, 0.4) is 0 Å². The lowest BCUT2D eigenvalue weighted by Crippen LogP contribution is -2.49. The highest BCUT2D eigenvalue weighted by molar-refractivity contribution is 8.04. The van der Waals surface area contributed by atoms with Crippen molar-refractivity contribution >= 4 is 37.4 Å². The van der Waals surface area contributed by atoms with Crippen molar-refractivity contribution in [1.82, 2.24) is 8.69 Å². The van der Waals surface area contributed by atoms with Gasteiger partial charge in [0.05, 0.1) is 9.79 Å². The van der Waals surface area contributed by atoms with Crippen molar-refractivity contribution in [2.24, 2.45) is 0 Å². The summed E-state index contributed by atoms with van der Waals surface area (Å²) in [6.07, 6.45) is 1.60. The molecule has 1 heterocycles. The number of nitrogens with zero attached hydrogens (tertiary/aromatic N) is 2. The summed E-state index contributed by atoms with van der Waals surface area (Å²) in [6.45, 7) is 3.63. The molecule has 7 nitrogen and oxygen atoms in total. The number of Topliss-reactive ketones (excluding diaryl/α,β-unsaturated/α-hetero) is 1. The standard InChI is InChI=1S/C25H25ClN2O5S2/c1-17-3-9-21(10-4-17)34(30,31)28(35(32,33)22-11-5-18(2)6-12-22)24-13-8-20(29)15-23(24)19-7-14-25(26)27-16-19/h3-7,9-12,14,16,23-24H,8,13,15H2,1-2H3/t23-,24+/m1/s1. The third-order valence-corrected chi connectivity index (χ3v) is 10.8. The minimum Gasteiger partial charge on any atom is -0.300 e. The Morgan fingerprint density at radius 3 is 1.80 bits per heavy atom. The summed E-state index contributed by atoms with van der Waals surface area (Å²) >= 11 is 5.93. The molecule has 0 aliphatic heterocycles. The number of sulfonamides is 2. The molecule has 0 saturated heterocycles. The van der Waals surface area contributed by atoms with Crippen LogP contribution in [0.25, 0.3) is 0 Å². The fraction of sp³-hybridized carbons (Fsp3) is 0.280. The van der Waals surface area contributed by atoms with Crippen molar-refractivity contribution < 1.29 is 21.6 Å². The molecule has 0 unspecified atom stereocenters. The van der Waals surface area contributed by atoms with Crippen LogP contribution < -0.4 is 0 Å². The smallest absolute Gasteiger partial charge is 0.256 e. The van der Waals surface area contributed by atoms with Gasteiger partial charge in [0.15, 0.2) is 0 Å². The van der Waals surface area contributed by atoms with Crippen LogP contribution in [0.15, 0.2) is 76.7 Å². The molecule has 2 atom stereocenters. The Kier molecular flexibility index (Phi) is 7.15. The van der Waals surface area contributed by atoms with E-state index >= 15 is 0 Å². The molecule has 184 valence electrons. The Bertz CT molecular complexity index is 1360. The van der Waals surface area contributed by atoms with Gasteiger partial charge in [0, 0.05) is 31.0 Å². The van der Waals surface area contributed by atoms with Crippen LogP contribution in [0.5, 0.6) is 0 Å². The molecular formula is C25H25ClN2O5S2. The third kappa shape index (κ3) is 5.18. The number of benzene rings is 2. The van der Waals surface area contributed by atoms with E-state index in [4.69, 9.17) is 11.6 Å². The first-order valence-electron chi connectivity index (χ1n) is 11.1. The summed E-state index contributed by atoms with van der Waals surface area (Å²) in [4.78, 5) is 16.2. The lowest BCUT2D eigenvalue weighted by atomic mass is 9.80. The van der Waals surface area contributed by atoms with Gasteiger partial charge in [0.1, 0.15) is 10.9 Å². The largest absolute Gasteiger partial charge is 0.300 e. The first-order valence-corrected chi connectivity index (χ1v) is 14.3. The van der Waals surface area contributed by atoms with Crippen molar-refractivity contribution in [2.45, 2.75) is 54.9 Å². The van der Waals surface area contributed by atoms with Crippen LogP contribution in [-0.2, 0) is 24.8 Å². The number of halogens is 1. The number of carbonyl (C=O) groups excluding carboxylic acids is 1. The Morgan fingerprint density at radius 1 is 0.829 bits per heavy atom. The minimum atomic E-state index is -4.51. The first kappa shape index (κ1) is 25.5. The summed E-state index contributed by atoms with van der Waals surface area (Å²) in [6, 6.07) is 14.2. The highest BCUT2D eigenvalue weighted by Crippen LogP contribution is 2.40. The molecule has 1 aliphatic rings. The highest BCUT2D eigenvalue weighted by Gasteiger charge is 2.47. The van der Waals surface area contributed by atoms with E-state index in [1.165, 1.54) is 30.5 Å². The molecular weight excluding hydrogens is 508 g/mol. The topological polar surface area (TPSA) is 101 Å². The fourth-order valence-electron chi connectivity index (χ4n) is 4.31. The van der Waals surface area contributed by atoms with Crippen molar-refractivity contribution in [2.75, 3.05) is 0 Å². The van der Waals surface area contributed by atoms with Crippen LogP contribution in [0.1, 0.15) is 41.9 Å². The molecule has 1 saturated carbocycles. The van der Waals surface area contributed by atoms with Crippen molar-refractivity contribution in [3.05, 3.63) is 88.7 Å². The Morgan fingerprint density at radius 2 is 1.34 bits per heavy atom. The van der Waals surface area contributed by atoms with Gasteiger partial charge in [-0.3, -0.25) is 4.79 Å². The van der Waals surface area contributed by atoms with Gasteiger partial charge in [-0.15, -0.1) is 0 Å². The van der Waals surface area contributed by atoms with E-state index in [9.17, 15) is 21.6 Å². The molecule has 0 bridgehead atoms. The molecule has 4 rings (SSSR count). The Hall–Kier alpha value is -2.59. The maximum atomic E-state index is 14.0. The lowest BCUT2D eigenvalue weighted by Gasteiger charge is -2.38. The summed E-state index contributed by atoms with van der Waals surface area (Å²) < 4.78 is 56.5. The molecule has 2 aromatic carbocycles. The Balaban J connectivity index is 1.92. The third-order valence-electron chi connectivity index (χ3n) is 6.19. The number of carbonyl (C=O) groups is 1. The van der Waals surface area contributed by atoms with Crippen molar-refractivity contribution in [3.8, 4) is 0 Å². The van der Waals surface area contributed by atoms with Crippen LogP contribution in [0, 0.1) is 13.8 Å². The highest BCUT2D eigenvalue weighted by atomic mass is 35.5. The van der Waals surface area contributed by atoms with Gasteiger partial charge in [0.25, 0.3) is 20.0 Å². The molecule has 1 aromatic heterocycles. The monoisotopic (exact) mass is 532 g/mol. The van der Waals surface area contributed by atoms with Crippen LogP contribution >= 0.6 is 11.6 Å². The second-order valence-electron chi connectivity index (χ2n) is 8.73. The maximum Gasteiger partial charge on any atom is 0.256 e. The SMILES string of the molecule is Cc1ccc(S(=O)(=O)N([C@H]2CCC(=O)C[C@@H]2c2ccc(Cl)nc2)S(=O)(=O)c2ccc(C)cc2)cc1. The molecule has 3 aromatic rings. The van der Waals surface area contributed by atoms with E-state index in [0.29, 0.717) is 9.27 Å². The van der Waals surface area contributed by atoms with Crippen LogP contribution in [0.4, 0.5) is 0 Å². The number of aromatic nitrogens is 1. The quantitative estimate of drug-likeness (QED) is 0.429. The molecule has 1 aliphatic carbocycles. The number of rotatable bonds is 6. The van der Waals surface area contributed by atoms with Gasteiger partial charge in [0.2, 0.25) is 0 Å². The zero-order chi connectivity index (χ0) is 25.4. The maximum absolute atomic E-state index is 14.0. The number of hydrogen-bond acceptors (Lipinski definition) is 6. The predicted octanol–water partition coefficient (Wildman–Crippen LogP) is 4.64.